The van der Waals surface area contributed by atoms with E-state index in [9.17, 15) is 36.4 Å². The second kappa shape index (κ2) is 9.27. The Hall–Kier alpha value is -2.32. The van der Waals surface area contributed by atoms with Crippen molar-refractivity contribution in [2.75, 3.05) is 13.2 Å². The number of nitrogens with zero attached hydrogens (tertiary/aromatic N) is 1. The first-order valence-electron chi connectivity index (χ1n) is 10.2. The molecule has 1 aliphatic heterocycles. The number of benzene rings is 1. The molecule has 176 valence electrons. The topological polar surface area (TPSA) is 74.2 Å². The number of alkyl halides is 6. The third-order valence-electron chi connectivity index (χ3n) is 5.96. The van der Waals surface area contributed by atoms with Crippen LogP contribution in [0.5, 0.6) is 0 Å². The van der Waals surface area contributed by atoms with Crippen LogP contribution in [0.2, 0.25) is 0 Å². The predicted molar refractivity (Wildman–Crippen MR) is 101 cm³/mol. The molecule has 2 fully saturated rings. The van der Waals surface area contributed by atoms with E-state index < -0.39 is 41.3 Å². The van der Waals surface area contributed by atoms with Crippen LogP contribution < -0.4 is 10.6 Å². The third kappa shape index (κ3) is 5.72. The lowest BCUT2D eigenvalue weighted by molar-refractivity contribution is -0.143. The largest absolute Gasteiger partial charge is 0.416 e. The second-order valence-corrected chi connectivity index (χ2v) is 8.28. The summed E-state index contributed by atoms with van der Waals surface area (Å²) in [5, 5.41) is 15.4. The molecule has 1 aromatic carbocycles. The molecule has 1 aliphatic carbocycles. The van der Waals surface area contributed by atoms with E-state index in [0.29, 0.717) is 31.8 Å². The minimum atomic E-state index is -4.97. The fourth-order valence-corrected chi connectivity index (χ4v) is 4.22. The van der Waals surface area contributed by atoms with Crippen LogP contribution in [-0.2, 0) is 28.4 Å². The van der Waals surface area contributed by atoms with Crippen LogP contribution in [0.3, 0.4) is 0 Å². The summed E-state index contributed by atoms with van der Waals surface area (Å²) in [7, 11) is 0. The van der Waals surface area contributed by atoms with Crippen LogP contribution in [0.1, 0.15) is 48.8 Å². The zero-order valence-electron chi connectivity index (χ0n) is 17.1. The zero-order valence-corrected chi connectivity index (χ0v) is 17.1. The monoisotopic (exact) mass is 463 g/mol. The fourth-order valence-electron chi connectivity index (χ4n) is 4.22. The molecule has 0 aromatic heterocycles. The van der Waals surface area contributed by atoms with Gasteiger partial charge in [0, 0.05) is 31.8 Å². The highest BCUT2D eigenvalue weighted by Crippen LogP contribution is 2.39. The predicted octanol–water partition coefficient (Wildman–Crippen LogP) is 4.17. The maximum atomic E-state index is 13.0. The van der Waals surface area contributed by atoms with Crippen LogP contribution in [0, 0.1) is 16.7 Å². The normalized spacial score (nSPS) is 24.8. The molecular formula is C21H23F6N3O2. The molecule has 11 heteroatoms. The van der Waals surface area contributed by atoms with Crippen molar-refractivity contribution < 1.29 is 35.9 Å². The maximum Gasteiger partial charge on any atom is 0.416 e. The van der Waals surface area contributed by atoms with E-state index in [4.69, 9.17) is 4.74 Å². The molecule has 1 amide bonds. The highest BCUT2D eigenvalue weighted by Gasteiger charge is 2.46. The van der Waals surface area contributed by atoms with Crippen molar-refractivity contribution in [2.45, 2.75) is 63.1 Å². The maximum absolute atomic E-state index is 13.0. The molecule has 32 heavy (non-hydrogen) atoms. The summed E-state index contributed by atoms with van der Waals surface area (Å²) < 4.78 is 83.4. The molecule has 0 radical (unpaired) electrons. The molecule has 5 nitrogen and oxygen atoms in total. The molecule has 2 atom stereocenters. The standard InChI is InChI=1S/C21H23F6N3O2/c22-20(23,24)14-7-13(8-15(9-14)21(25,26)27)11-29-18(31)19(12-28)4-1-17(10-19)30-16-2-5-32-6-3-16/h7-9,16-17,30H,1-6,10-11H2,(H,29,31)/t17-,19+/m1/s1. The Balaban J connectivity index is 1.68. The number of nitrogens with one attached hydrogen (secondary N) is 2. The van der Waals surface area contributed by atoms with Crippen LogP contribution >= 0.6 is 0 Å². The van der Waals surface area contributed by atoms with Crippen LogP contribution in [-0.4, -0.2) is 31.2 Å². The summed E-state index contributed by atoms with van der Waals surface area (Å²) in [5.41, 5.74) is -4.62. The molecule has 3 rings (SSSR count). The molecule has 1 aromatic rings. The number of carbonyl (C=O) groups is 1. The van der Waals surface area contributed by atoms with E-state index in [1.54, 1.807) is 0 Å². The van der Waals surface area contributed by atoms with Crippen molar-refractivity contribution in [3.05, 3.63) is 34.9 Å². The van der Waals surface area contributed by atoms with Gasteiger partial charge >= 0.3 is 12.4 Å². The van der Waals surface area contributed by atoms with Crippen LogP contribution in [0.15, 0.2) is 18.2 Å². The molecule has 0 spiro atoms. The minimum absolute atomic E-state index is 0.0334. The van der Waals surface area contributed by atoms with Gasteiger partial charge in [0.1, 0.15) is 5.41 Å². The van der Waals surface area contributed by atoms with Crippen molar-refractivity contribution in [1.82, 2.24) is 10.6 Å². The van der Waals surface area contributed by atoms with Crippen molar-refractivity contribution in [3.8, 4) is 6.07 Å². The van der Waals surface area contributed by atoms with Gasteiger partial charge < -0.3 is 15.4 Å². The Morgan fingerprint density at radius 1 is 1.03 bits per heavy atom. The summed E-state index contributed by atoms with van der Waals surface area (Å²) >= 11 is 0. The van der Waals surface area contributed by atoms with E-state index in [0.717, 1.165) is 12.8 Å². The molecule has 1 saturated carbocycles. The quantitative estimate of drug-likeness (QED) is 0.643. The molecule has 1 heterocycles. The summed E-state index contributed by atoms with van der Waals surface area (Å²) in [5.74, 6) is -0.692. The number of carbonyl (C=O) groups excluding carboxylic acids is 1. The van der Waals surface area contributed by atoms with Crippen molar-refractivity contribution >= 4 is 5.91 Å². The Bertz CT molecular complexity index is 842. The third-order valence-corrected chi connectivity index (χ3v) is 5.96. The van der Waals surface area contributed by atoms with Gasteiger partial charge in [0.15, 0.2) is 0 Å². The summed E-state index contributed by atoms with van der Waals surface area (Å²) in [6.45, 7) is 0.712. The number of halogens is 6. The molecular weight excluding hydrogens is 440 g/mol. The van der Waals surface area contributed by atoms with E-state index in [2.05, 4.69) is 10.6 Å². The van der Waals surface area contributed by atoms with Crippen molar-refractivity contribution in [3.63, 3.8) is 0 Å². The van der Waals surface area contributed by atoms with Crippen molar-refractivity contribution in [2.24, 2.45) is 5.41 Å². The average Bonchev–Trinajstić information content (AvgIpc) is 3.15. The first-order chi connectivity index (χ1) is 14.9. The van der Waals surface area contributed by atoms with Gasteiger partial charge in [-0.25, -0.2) is 0 Å². The first kappa shape index (κ1) is 24.3. The molecule has 2 N–H and O–H groups in total. The highest BCUT2D eigenvalue weighted by molar-refractivity contribution is 5.85. The summed E-state index contributed by atoms with van der Waals surface area (Å²) in [4.78, 5) is 12.7. The molecule has 0 bridgehead atoms. The SMILES string of the molecule is N#C[C@]1(C(=O)NCc2cc(C(F)(F)F)cc(C(F)(F)F)c2)CC[C@@H](NC2CCOCC2)C1. The summed E-state index contributed by atoms with van der Waals surface area (Å²) in [6.07, 6.45) is -7.25. The number of ether oxygens (including phenoxy) is 1. The van der Waals surface area contributed by atoms with Gasteiger partial charge in [0.05, 0.1) is 17.2 Å². The van der Waals surface area contributed by atoms with Gasteiger partial charge in [0.2, 0.25) is 5.91 Å². The van der Waals surface area contributed by atoms with Crippen LogP contribution in [0.4, 0.5) is 26.3 Å². The zero-order chi connectivity index (χ0) is 23.6. The smallest absolute Gasteiger partial charge is 0.381 e. The lowest BCUT2D eigenvalue weighted by Gasteiger charge is -2.27. The second-order valence-electron chi connectivity index (χ2n) is 8.28. The Labute approximate surface area is 181 Å². The number of rotatable bonds is 5. The fraction of sp³-hybridized carbons (Fsp3) is 0.619. The number of hydrogen-bond acceptors (Lipinski definition) is 4. The Kier molecular flexibility index (Phi) is 7.05. The van der Waals surface area contributed by atoms with E-state index in [1.807, 2.05) is 6.07 Å². The molecule has 0 unspecified atom stereocenters. The Morgan fingerprint density at radius 2 is 1.62 bits per heavy atom. The van der Waals surface area contributed by atoms with Gasteiger partial charge in [-0.1, -0.05) is 0 Å². The first-order valence-corrected chi connectivity index (χ1v) is 10.2. The van der Waals surface area contributed by atoms with Gasteiger partial charge in [-0.05, 0) is 55.9 Å². The average molecular weight is 463 g/mol. The van der Waals surface area contributed by atoms with Gasteiger partial charge in [-0.2, -0.15) is 31.6 Å². The Morgan fingerprint density at radius 3 is 2.16 bits per heavy atom. The molecule has 1 saturated heterocycles. The van der Waals surface area contributed by atoms with E-state index in [1.165, 1.54) is 0 Å². The van der Waals surface area contributed by atoms with E-state index in [-0.39, 0.29) is 36.6 Å². The van der Waals surface area contributed by atoms with E-state index >= 15 is 0 Å². The number of nitriles is 1. The number of hydrogen-bond donors (Lipinski definition) is 2. The highest BCUT2D eigenvalue weighted by atomic mass is 19.4. The lowest BCUT2D eigenvalue weighted by atomic mass is 9.86. The summed E-state index contributed by atoms with van der Waals surface area (Å²) in [6, 6.07) is 3.33. The number of amides is 1. The van der Waals surface area contributed by atoms with Gasteiger partial charge in [-0.15, -0.1) is 0 Å². The van der Waals surface area contributed by atoms with Crippen LogP contribution in [0.25, 0.3) is 0 Å². The minimum Gasteiger partial charge on any atom is -0.381 e. The molecule has 2 aliphatic rings. The van der Waals surface area contributed by atoms with Gasteiger partial charge in [-0.3, -0.25) is 4.79 Å². The van der Waals surface area contributed by atoms with Gasteiger partial charge in [0.25, 0.3) is 0 Å². The lowest BCUT2D eigenvalue weighted by Crippen LogP contribution is -2.43. The van der Waals surface area contributed by atoms with Crippen molar-refractivity contribution in [1.29, 1.82) is 5.26 Å².